The highest BCUT2D eigenvalue weighted by atomic mass is 79.9. The van der Waals surface area contributed by atoms with E-state index in [0.29, 0.717) is 28.1 Å². The van der Waals surface area contributed by atoms with Crippen molar-refractivity contribution in [2.45, 2.75) is 11.3 Å². The summed E-state index contributed by atoms with van der Waals surface area (Å²) in [6.45, 7) is 0.511. The average Bonchev–Trinajstić information content (AvgIpc) is 2.81. The molecule has 34 heavy (non-hydrogen) atoms. The number of ether oxygens (including phenoxy) is 1. The van der Waals surface area contributed by atoms with Gasteiger partial charge in [0.2, 0.25) is 10.0 Å². The van der Waals surface area contributed by atoms with E-state index in [-0.39, 0.29) is 15.9 Å². The fourth-order valence-corrected chi connectivity index (χ4v) is 4.55. The van der Waals surface area contributed by atoms with E-state index in [1.165, 1.54) is 31.8 Å². The molecule has 2 N–H and O–H groups in total. The van der Waals surface area contributed by atoms with Crippen LogP contribution in [-0.4, -0.2) is 44.4 Å². The monoisotopic (exact) mass is 561 g/mol. The van der Waals surface area contributed by atoms with Crippen LogP contribution in [0.2, 0.25) is 0 Å². The highest BCUT2D eigenvalue weighted by Gasteiger charge is 2.17. The van der Waals surface area contributed by atoms with E-state index in [2.05, 4.69) is 26.6 Å². The van der Waals surface area contributed by atoms with Crippen LogP contribution in [0, 0.1) is 0 Å². The standard InChI is InChI=1S/C24H24BrN3O4S2/c1-28(2)34(30,31)20-11-9-19(10-12-20)26-24(33)27-23(29)18-8-13-22(21(25)16-18)32-15-14-17-6-4-3-5-7-17/h3-13,16H,14-15H2,1-2H3,(H2,26,27,29,33). The largest absolute Gasteiger partial charge is 0.492 e. The number of thiocarbonyl (C=S) groups is 1. The lowest BCUT2D eigenvalue weighted by atomic mass is 10.2. The molecule has 0 heterocycles. The maximum Gasteiger partial charge on any atom is 0.257 e. The van der Waals surface area contributed by atoms with E-state index < -0.39 is 10.0 Å². The summed E-state index contributed by atoms with van der Waals surface area (Å²) in [5.41, 5.74) is 2.13. The SMILES string of the molecule is CN(C)S(=O)(=O)c1ccc(NC(=S)NC(=O)c2ccc(OCCc3ccccc3)c(Br)c2)cc1. The van der Waals surface area contributed by atoms with Gasteiger partial charge in [0.15, 0.2) is 5.11 Å². The summed E-state index contributed by atoms with van der Waals surface area (Å²) in [7, 11) is -0.584. The number of carbonyl (C=O) groups excluding carboxylic acids is 1. The van der Waals surface area contributed by atoms with Crippen molar-refractivity contribution in [1.29, 1.82) is 0 Å². The molecule has 0 aliphatic heterocycles. The zero-order valence-electron chi connectivity index (χ0n) is 18.6. The summed E-state index contributed by atoms with van der Waals surface area (Å²) in [6.07, 6.45) is 0.775. The normalized spacial score (nSPS) is 11.2. The fraction of sp³-hybridized carbons (Fsp3) is 0.167. The Morgan fingerprint density at radius 1 is 1.03 bits per heavy atom. The molecule has 0 aliphatic rings. The van der Waals surface area contributed by atoms with Crippen molar-refractivity contribution in [3.05, 3.63) is 88.4 Å². The molecule has 0 fully saturated rings. The maximum absolute atomic E-state index is 12.6. The number of nitrogens with one attached hydrogen (secondary N) is 2. The average molecular weight is 563 g/mol. The maximum atomic E-state index is 12.6. The lowest BCUT2D eigenvalue weighted by Crippen LogP contribution is -2.34. The highest BCUT2D eigenvalue weighted by molar-refractivity contribution is 9.10. The number of anilines is 1. The molecule has 7 nitrogen and oxygen atoms in total. The first-order valence-corrected chi connectivity index (χ1v) is 12.9. The van der Waals surface area contributed by atoms with Crippen molar-refractivity contribution in [2.24, 2.45) is 0 Å². The summed E-state index contributed by atoms with van der Waals surface area (Å²) in [6, 6.07) is 21.2. The molecule has 0 atom stereocenters. The number of hydrogen-bond donors (Lipinski definition) is 2. The Morgan fingerprint density at radius 3 is 2.32 bits per heavy atom. The van der Waals surface area contributed by atoms with Gasteiger partial charge in [-0.25, -0.2) is 12.7 Å². The van der Waals surface area contributed by atoms with Crippen LogP contribution in [-0.2, 0) is 16.4 Å². The van der Waals surface area contributed by atoms with Crippen LogP contribution in [0.3, 0.4) is 0 Å². The first-order chi connectivity index (χ1) is 16.2. The quantitative estimate of drug-likeness (QED) is 0.395. The van der Waals surface area contributed by atoms with Gasteiger partial charge in [0.05, 0.1) is 16.0 Å². The van der Waals surface area contributed by atoms with Gasteiger partial charge >= 0.3 is 0 Å². The second kappa shape index (κ2) is 11.6. The van der Waals surface area contributed by atoms with Crippen molar-refractivity contribution < 1.29 is 17.9 Å². The van der Waals surface area contributed by atoms with Crippen molar-refractivity contribution in [3.8, 4) is 5.75 Å². The van der Waals surface area contributed by atoms with Gasteiger partial charge in [-0.3, -0.25) is 10.1 Å². The predicted molar refractivity (Wildman–Crippen MR) is 141 cm³/mol. The van der Waals surface area contributed by atoms with Crippen molar-refractivity contribution in [1.82, 2.24) is 9.62 Å². The third kappa shape index (κ3) is 6.86. The summed E-state index contributed by atoms with van der Waals surface area (Å²) in [5.74, 6) is 0.252. The second-order valence-corrected chi connectivity index (χ2v) is 10.9. The van der Waals surface area contributed by atoms with E-state index in [1.807, 2.05) is 30.3 Å². The summed E-state index contributed by atoms with van der Waals surface area (Å²) in [5, 5.41) is 5.58. The van der Waals surface area contributed by atoms with Gasteiger partial charge in [-0.1, -0.05) is 30.3 Å². The van der Waals surface area contributed by atoms with Gasteiger partial charge < -0.3 is 10.1 Å². The number of benzene rings is 3. The lowest BCUT2D eigenvalue weighted by Gasteiger charge is -2.13. The van der Waals surface area contributed by atoms with Crippen LogP contribution in [0.1, 0.15) is 15.9 Å². The summed E-state index contributed by atoms with van der Waals surface area (Å²) >= 11 is 8.67. The molecule has 0 aromatic heterocycles. The minimum atomic E-state index is -3.52. The number of rotatable bonds is 8. The fourth-order valence-electron chi connectivity index (χ4n) is 2.94. The zero-order valence-corrected chi connectivity index (χ0v) is 21.8. The van der Waals surface area contributed by atoms with Crippen LogP contribution >= 0.6 is 28.1 Å². The van der Waals surface area contributed by atoms with Gasteiger partial charge in [0.1, 0.15) is 5.75 Å². The van der Waals surface area contributed by atoms with Crippen LogP contribution in [0.5, 0.6) is 5.75 Å². The number of amides is 1. The van der Waals surface area contributed by atoms with E-state index >= 15 is 0 Å². The Hall–Kier alpha value is -2.79. The van der Waals surface area contributed by atoms with Crippen molar-refractivity contribution in [2.75, 3.05) is 26.0 Å². The smallest absolute Gasteiger partial charge is 0.257 e. The molecule has 1 amide bonds. The molecule has 178 valence electrons. The number of carbonyl (C=O) groups is 1. The molecule has 0 bridgehead atoms. The molecule has 0 radical (unpaired) electrons. The van der Waals surface area contributed by atoms with Gasteiger partial charge in [0.25, 0.3) is 5.91 Å². The summed E-state index contributed by atoms with van der Waals surface area (Å²) in [4.78, 5) is 12.7. The molecular weight excluding hydrogens is 538 g/mol. The molecule has 0 aliphatic carbocycles. The Bertz CT molecular complexity index is 1270. The number of hydrogen-bond acceptors (Lipinski definition) is 5. The molecular formula is C24H24BrN3O4S2. The van der Waals surface area contributed by atoms with E-state index in [9.17, 15) is 13.2 Å². The highest BCUT2D eigenvalue weighted by Crippen LogP contribution is 2.26. The third-order valence-electron chi connectivity index (χ3n) is 4.80. The van der Waals surface area contributed by atoms with Crippen LogP contribution in [0.4, 0.5) is 5.69 Å². The first kappa shape index (κ1) is 25.8. The molecule has 0 saturated heterocycles. The minimum Gasteiger partial charge on any atom is -0.492 e. The Balaban J connectivity index is 1.54. The molecule has 3 aromatic carbocycles. The number of nitrogens with zero attached hydrogens (tertiary/aromatic N) is 1. The Labute approximate surface area is 213 Å². The molecule has 3 rings (SSSR count). The molecule has 0 saturated carbocycles. The van der Waals surface area contributed by atoms with Crippen LogP contribution in [0.25, 0.3) is 0 Å². The molecule has 0 unspecified atom stereocenters. The van der Waals surface area contributed by atoms with Crippen molar-refractivity contribution in [3.63, 3.8) is 0 Å². The van der Waals surface area contributed by atoms with Gasteiger partial charge in [-0.05, 0) is 76.2 Å². The van der Waals surface area contributed by atoms with E-state index in [0.717, 1.165) is 10.7 Å². The van der Waals surface area contributed by atoms with Gasteiger partial charge in [-0.2, -0.15) is 0 Å². The van der Waals surface area contributed by atoms with Crippen LogP contribution in [0.15, 0.2) is 82.2 Å². The minimum absolute atomic E-state index is 0.0903. The first-order valence-electron chi connectivity index (χ1n) is 10.3. The number of halogens is 1. The van der Waals surface area contributed by atoms with E-state index in [4.69, 9.17) is 17.0 Å². The van der Waals surface area contributed by atoms with Gasteiger partial charge in [0, 0.05) is 31.8 Å². The zero-order chi connectivity index (χ0) is 24.7. The predicted octanol–water partition coefficient (Wildman–Crippen LogP) is 4.45. The molecule has 0 spiro atoms. The lowest BCUT2D eigenvalue weighted by molar-refractivity contribution is 0.0977. The van der Waals surface area contributed by atoms with Crippen LogP contribution < -0.4 is 15.4 Å². The number of sulfonamides is 1. The van der Waals surface area contributed by atoms with E-state index in [1.54, 1.807) is 30.3 Å². The van der Waals surface area contributed by atoms with Crippen molar-refractivity contribution >= 4 is 54.9 Å². The third-order valence-corrected chi connectivity index (χ3v) is 7.46. The topological polar surface area (TPSA) is 87.7 Å². The molecule has 10 heteroatoms. The second-order valence-electron chi connectivity index (χ2n) is 7.45. The summed E-state index contributed by atoms with van der Waals surface area (Å²) < 4.78 is 31.9. The Kier molecular flexibility index (Phi) is 8.78. The molecule has 3 aromatic rings. The van der Waals surface area contributed by atoms with Gasteiger partial charge in [-0.15, -0.1) is 0 Å². The Morgan fingerprint density at radius 2 is 1.71 bits per heavy atom.